The highest BCUT2D eigenvalue weighted by molar-refractivity contribution is 5.87. The molecule has 41 heavy (non-hydrogen) atoms. The number of carbonyl (C=O) groups is 1. The molecule has 0 spiro atoms. The highest BCUT2D eigenvalue weighted by Gasteiger charge is 2.39. The van der Waals surface area contributed by atoms with Crippen molar-refractivity contribution in [2.45, 2.75) is 63.3 Å². The van der Waals surface area contributed by atoms with Crippen LogP contribution in [-0.4, -0.2) is 87.6 Å². The summed E-state index contributed by atoms with van der Waals surface area (Å²) >= 11 is 0. The predicted molar refractivity (Wildman–Crippen MR) is 150 cm³/mol. The number of rotatable bonds is 7. The maximum atomic E-state index is 15.0. The monoisotopic (exact) mass is 561 g/mol. The number of aromatic nitrogens is 2. The summed E-state index contributed by atoms with van der Waals surface area (Å²) in [7, 11) is 2.10. The normalized spacial score (nSPS) is 24.3. The van der Waals surface area contributed by atoms with Crippen LogP contribution in [-0.2, 0) is 24.3 Å². The molecule has 2 fully saturated rings. The zero-order valence-electron chi connectivity index (χ0n) is 23.4. The van der Waals surface area contributed by atoms with Gasteiger partial charge in [-0.3, -0.25) is 9.69 Å². The van der Waals surface area contributed by atoms with Crippen LogP contribution in [0.25, 0.3) is 0 Å². The number of halogens is 1. The van der Waals surface area contributed by atoms with E-state index in [0.29, 0.717) is 63.4 Å². The van der Waals surface area contributed by atoms with E-state index in [1.807, 2.05) is 0 Å². The van der Waals surface area contributed by atoms with Gasteiger partial charge in [0.1, 0.15) is 24.0 Å². The molecule has 2 aromatic rings. The Labute approximate surface area is 239 Å². The molecule has 1 aromatic heterocycles. The van der Waals surface area contributed by atoms with Crippen molar-refractivity contribution in [1.29, 1.82) is 5.26 Å². The number of benzene rings is 1. The number of phenols is 1. The first kappa shape index (κ1) is 27.4. The van der Waals surface area contributed by atoms with E-state index in [-0.39, 0.29) is 36.0 Å². The van der Waals surface area contributed by atoms with E-state index in [4.69, 9.17) is 14.7 Å². The number of amides is 1. The third-order valence-corrected chi connectivity index (χ3v) is 9.07. The molecule has 1 N–H and O–H groups in total. The van der Waals surface area contributed by atoms with Crippen molar-refractivity contribution in [2.75, 3.05) is 44.7 Å². The Morgan fingerprint density at radius 3 is 2.85 bits per heavy atom. The number of hydrogen-bond donors (Lipinski definition) is 1. The van der Waals surface area contributed by atoms with Gasteiger partial charge < -0.3 is 24.5 Å². The number of aromatic hydroxyl groups is 1. The van der Waals surface area contributed by atoms with Gasteiger partial charge in [0.25, 0.3) is 0 Å². The third kappa shape index (κ3) is 5.22. The Morgan fingerprint density at radius 1 is 1.24 bits per heavy atom. The summed E-state index contributed by atoms with van der Waals surface area (Å²) in [6.07, 6.45) is 5.17. The van der Waals surface area contributed by atoms with Gasteiger partial charge in [0.05, 0.1) is 24.2 Å². The summed E-state index contributed by atoms with van der Waals surface area (Å²) in [4.78, 5) is 30.6. The lowest BCUT2D eigenvalue weighted by Crippen LogP contribution is -2.55. The number of anilines is 1. The fraction of sp³-hybridized carbons (Fsp3) is 0.533. The number of piperazine rings is 1. The molecule has 0 radical (unpaired) electrons. The molecule has 1 aromatic carbocycles. The number of fused-ring (bicyclic) bond motifs is 2. The first-order valence-corrected chi connectivity index (χ1v) is 14.4. The van der Waals surface area contributed by atoms with Crippen LogP contribution in [0.3, 0.4) is 0 Å². The Bertz CT molecular complexity index is 1400. The van der Waals surface area contributed by atoms with Gasteiger partial charge in [0.2, 0.25) is 5.91 Å². The van der Waals surface area contributed by atoms with Gasteiger partial charge in [-0.2, -0.15) is 15.2 Å². The fourth-order valence-electron chi connectivity index (χ4n) is 6.92. The first-order valence-electron chi connectivity index (χ1n) is 14.4. The molecule has 0 saturated carbocycles. The standard InChI is InChI=1S/C30H36FN7O3/c1-3-27(40)38-12-11-36(15-20(38)8-9-32)29-23-16-37(26-7-6-19-13-22(39)14-24(31)28(19)26)17-25(23)33-30(34-29)41-18-21-5-4-10-35(21)2/h3,13-14,20-21,26,39H,1,4-8,10-12,15-18H2,2H3/t20-,21-,26?/m0/s1. The van der Waals surface area contributed by atoms with Gasteiger partial charge >= 0.3 is 6.01 Å². The molecular weight excluding hydrogens is 525 g/mol. The molecule has 1 aliphatic carbocycles. The minimum Gasteiger partial charge on any atom is -0.508 e. The molecule has 6 rings (SSSR count). The van der Waals surface area contributed by atoms with Crippen LogP contribution < -0.4 is 9.64 Å². The van der Waals surface area contributed by atoms with Gasteiger partial charge in [0, 0.05) is 62.0 Å². The predicted octanol–water partition coefficient (Wildman–Crippen LogP) is 2.91. The Kier molecular flexibility index (Phi) is 7.53. The lowest BCUT2D eigenvalue weighted by molar-refractivity contribution is -0.128. The third-order valence-electron chi connectivity index (χ3n) is 9.07. The molecule has 1 unspecified atom stereocenters. The van der Waals surface area contributed by atoms with Crippen molar-refractivity contribution >= 4 is 11.7 Å². The number of nitriles is 1. The Morgan fingerprint density at radius 2 is 2.10 bits per heavy atom. The van der Waals surface area contributed by atoms with Gasteiger partial charge in [0.15, 0.2) is 0 Å². The van der Waals surface area contributed by atoms with Crippen LogP contribution in [0.4, 0.5) is 10.2 Å². The number of aryl methyl sites for hydroxylation is 1. The average molecular weight is 562 g/mol. The number of phenolic OH excluding ortho intramolecular Hbond substituents is 1. The molecule has 4 heterocycles. The second kappa shape index (κ2) is 11.3. The van der Waals surface area contributed by atoms with Crippen LogP contribution in [0.2, 0.25) is 0 Å². The van der Waals surface area contributed by atoms with Crippen LogP contribution in [0.1, 0.15) is 54.1 Å². The van der Waals surface area contributed by atoms with Crippen LogP contribution >= 0.6 is 0 Å². The minimum absolute atomic E-state index is 0.0459. The molecule has 10 nitrogen and oxygen atoms in total. The summed E-state index contributed by atoms with van der Waals surface area (Å²) in [5.41, 5.74) is 3.33. The maximum Gasteiger partial charge on any atom is 0.318 e. The highest BCUT2D eigenvalue weighted by atomic mass is 19.1. The van der Waals surface area contributed by atoms with Gasteiger partial charge in [-0.25, -0.2) is 4.39 Å². The summed E-state index contributed by atoms with van der Waals surface area (Å²) < 4.78 is 21.2. The summed E-state index contributed by atoms with van der Waals surface area (Å²) in [6.45, 7) is 7.72. The zero-order chi connectivity index (χ0) is 28.7. The zero-order valence-corrected chi connectivity index (χ0v) is 23.4. The molecule has 1 amide bonds. The van der Waals surface area contributed by atoms with E-state index in [2.05, 4.69) is 34.4 Å². The SMILES string of the molecule is C=CC(=O)N1CCN(c2nc(OC[C@@H]3CCCN3C)nc3c2CN(C2CCc4cc(O)cc(F)c42)C3)C[C@@H]1CC#N. The van der Waals surface area contributed by atoms with E-state index in [9.17, 15) is 15.2 Å². The Balaban J connectivity index is 1.30. The van der Waals surface area contributed by atoms with Crippen molar-refractivity contribution in [1.82, 2.24) is 24.7 Å². The summed E-state index contributed by atoms with van der Waals surface area (Å²) in [5.74, 6) is 0.152. The fourth-order valence-corrected chi connectivity index (χ4v) is 6.92. The smallest absolute Gasteiger partial charge is 0.318 e. The largest absolute Gasteiger partial charge is 0.508 e. The van der Waals surface area contributed by atoms with E-state index in [0.717, 1.165) is 48.4 Å². The topological polar surface area (TPSA) is 109 Å². The molecular formula is C30H36FN7O3. The van der Waals surface area contributed by atoms with Gasteiger partial charge in [-0.15, -0.1) is 0 Å². The summed E-state index contributed by atoms with van der Waals surface area (Å²) in [6, 6.07) is 5.30. The summed E-state index contributed by atoms with van der Waals surface area (Å²) in [5, 5.41) is 19.4. The number of likely N-dealkylation sites (N-methyl/N-ethyl adjacent to an activating group) is 1. The lowest BCUT2D eigenvalue weighted by Gasteiger charge is -2.41. The first-order chi connectivity index (χ1) is 19.9. The average Bonchev–Trinajstić information content (AvgIpc) is 3.69. The van der Waals surface area contributed by atoms with Crippen molar-refractivity contribution in [3.63, 3.8) is 0 Å². The number of carbonyl (C=O) groups excluding carboxylic acids is 1. The second-order valence-electron chi connectivity index (χ2n) is 11.5. The number of nitrogens with zero attached hydrogens (tertiary/aromatic N) is 7. The van der Waals surface area contributed by atoms with Crippen molar-refractivity contribution in [3.05, 3.63) is 53.0 Å². The van der Waals surface area contributed by atoms with Gasteiger partial charge in [-0.05, 0) is 57.0 Å². The van der Waals surface area contributed by atoms with E-state index in [1.54, 1.807) is 11.0 Å². The quantitative estimate of drug-likeness (QED) is 0.511. The minimum atomic E-state index is -0.378. The van der Waals surface area contributed by atoms with Crippen LogP contribution in [0.15, 0.2) is 24.8 Å². The number of hydrogen-bond acceptors (Lipinski definition) is 9. The van der Waals surface area contributed by atoms with Crippen molar-refractivity contribution in [2.24, 2.45) is 0 Å². The molecule has 0 bridgehead atoms. The molecule has 4 aliphatic rings. The Hall–Kier alpha value is -3.75. The lowest BCUT2D eigenvalue weighted by atomic mass is 10.1. The molecule has 216 valence electrons. The van der Waals surface area contributed by atoms with E-state index >= 15 is 4.39 Å². The van der Waals surface area contributed by atoms with Crippen LogP contribution in [0.5, 0.6) is 11.8 Å². The molecule has 2 saturated heterocycles. The van der Waals surface area contributed by atoms with Crippen molar-refractivity contribution < 1.29 is 19.0 Å². The van der Waals surface area contributed by atoms with E-state index < -0.39 is 0 Å². The van der Waals surface area contributed by atoms with Gasteiger partial charge in [-0.1, -0.05) is 6.58 Å². The molecule has 3 atom stereocenters. The number of likely N-dealkylation sites (tertiary alicyclic amines) is 1. The van der Waals surface area contributed by atoms with E-state index in [1.165, 1.54) is 12.1 Å². The second-order valence-corrected chi connectivity index (χ2v) is 11.5. The van der Waals surface area contributed by atoms with Crippen molar-refractivity contribution in [3.8, 4) is 17.8 Å². The highest BCUT2D eigenvalue weighted by Crippen LogP contribution is 2.44. The molecule has 3 aliphatic heterocycles. The van der Waals surface area contributed by atoms with Crippen LogP contribution in [0, 0.1) is 17.1 Å². The number of ether oxygens (including phenoxy) is 1. The maximum absolute atomic E-state index is 15.0. The molecule has 11 heteroatoms.